The highest BCUT2D eigenvalue weighted by molar-refractivity contribution is 5.75. The lowest BCUT2D eigenvalue weighted by atomic mass is 10.2. The van der Waals surface area contributed by atoms with E-state index in [0.717, 1.165) is 5.56 Å². The number of primary amides is 1. The molecule has 2 N–H and O–H groups in total. The summed E-state index contributed by atoms with van der Waals surface area (Å²) >= 11 is 0. The summed E-state index contributed by atoms with van der Waals surface area (Å²) in [5.74, 6) is 0.358. The molecule has 1 amide bonds. The smallest absolute Gasteiger partial charge is 0.231 e. The topological polar surface area (TPSA) is 72.4 Å². The Labute approximate surface area is 122 Å². The molecule has 0 unspecified atom stereocenters. The van der Waals surface area contributed by atoms with Gasteiger partial charge in [-0.1, -0.05) is 0 Å². The Morgan fingerprint density at radius 1 is 1.38 bits per heavy atom. The number of nitrogens with two attached hydrogens (primary N) is 1. The summed E-state index contributed by atoms with van der Waals surface area (Å²) in [5, 5.41) is 0. The second kappa shape index (κ2) is 6.49. The molecular formula is C15H18FN3O2. The van der Waals surface area contributed by atoms with Crippen molar-refractivity contribution in [1.82, 2.24) is 9.88 Å². The zero-order valence-corrected chi connectivity index (χ0v) is 12.0. The molecule has 0 atom stereocenters. The molecule has 0 bridgehead atoms. The molecule has 1 heterocycles. The van der Waals surface area contributed by atoms with Gasteiger partial charge in [0.15, 0.2) is 5.76 Å². The molecule has 0 aliphatic heterocycles. The third-order valence-electron chi connectivity index (χ3n) is 3.11. The highest BCUT2D eigenvalue weighted by Crippen LogP contribution is 2.21. The quantitative estimate of drug-likeness (QED) is 0.885. The van der Waals surface area contributed by atoms with Gasteiger partial charge in [0.2, 0.25) is 11.8 Å². The van der Waals surface area contributed by atoms with E-state index in [4.69, 9.17) is 10.2 Å². The fraction of sp³-hybridized carbons (Fsp3) is 0.333. The maximum Gasteiger partial charge on any atom is 0.231 e. The third-order valence-corrected chi connectivity index (χ3v) is 3.11. The maximum absolute atomic E-state index is 12.9. The van der Waals surface area contributed by atoms with E-state index in [9.17, 15) is 9.18 Å². The van der Waals surface area contributed by atoms with Gasteiger partial charge in [-0.3, -0.25) is 9.69 Å². The van der Waals surface area contributed by atoms with E-state index >= 15 is 0 Å². The molecule has 0 aliphatic carbocycles. The summed E-state index contributed by atoms with van der Waals surface area (Å²) in [6, 6.07) is 6.13. The van der Waals surface area contributed by atoms with Crippen molar-refractivity contribution >= 4 is 5.91 Å². The van der Waals surface area contributed by atoms with Gasteiger partial charge in [0, 0.05) is 11.6 Å². The van der Waals surface area contributed by atoms with Crippen LogP contribution >= 0.6 is 0 Å². The number of carbonyl (C=O) groups excluding carboxylic acids is 1. The normalized spacial score (nSPS) is 11.3. The number of hydrogen-bond acceptors (Lipinski definition) is 4. The van der Waals surface area contributed by atoms with E-state index in [-0.39, 0.29) is 18.4 Å². The zero-order valence-electron chi connectivity index (χ0n) is 12.0. The minimum absolute atomic E-state index is 0.138. The van der Waals surface area contributed by atoms with Crippen molar-refractivity contribution in [3.63, 3.8) is 0 Å². The van der Waals surface area contributed by atoms with Crippen LogP contribution in [0.1, 0.15) is 19.7 Å². The number of benzene rings is 1. The van der Waals surface area contributed by atoms with Gasteiger partial charge in [0.1, 0.15) is 5.82 Å². The Hall–Kier alpha value is -2.21. The average molecular weight is 291 g/mol. The number of rotatable bonds is 6. The van der Waals surface area contributed by atoms with Crippen LogP contribution in [0.3, 0.4) is 0 Å². The van der Waals surface area contributed by atoms with Crippen LogP contribution in [0.25, 0.3) is 11.3 Å². The summed E-state index contributed by atoms with van der Waals surface area (Å²) < 4.78 is 18.5. The molecule has 112 valence electrons. The molecule has 0 saturated heterocycles. The second-order valence-corrected chi connectivity index (χ2v) is 5.09. The van der Waals surface area contributed by atoms with Gasteiger partial charge in [-0.2, -0.15) is 0 Å². The molecule has 2 rings (SSSR count). The van der Waals surface area contributed by atoms with Gasteiger partial charge in [-0.05, 0) is 38.1 Å². The van der Waals surface area contributed by atoms with Crippen LogP contribution in [-0.2, 0) is 11.3 Å². The predicted octanol–water partition coefficient (Wildman–Crippen LogP) is 2.18. The molecule has 2 aromatic rings. The summed E-state index contributed by atoms with van der Waals surface area (Å²) in [4.78, 5) is 17.1. The van der Waals surface area contributed by atoms with E-state index in [1.54, 1.807) is 18.3 Å². The van der Waals surface area contributed by atoms with Crippen LogP contribution in [0.4, 0.5) is 4.39 Å². The first kappa shape index (κ1) is 15.2. The molecule has 21 heavy (non-hydrogen) atoms. The molecule has 0 aliphatic rings. The first-order valence-electron chi connectivity index (χ1n) is 6.68. The summed E-state index contributed by atoms with van der Waals surface area (Å²) in [6.45, 7) is 4.47. The monoisotopic (exact) mass is 291 g/mol. The third kappa shape index (κ3) is 4.13. The number of hydrogen-bond donors (Lipinski definition) is 1. The minimum Gasteiger partial charge on any atom is -0.439 e. The van der Waals surface area contributed by atoms with Gasteiger partial charge in [-0.15, -0.1) is 0 Å². The first-order valence-corrected chi connectivity index (χ1v) is 6.68. The van der Waals surface area contributed by atoms with E-state index in [1.807, 2.05) is 18.7 Å². The Morgan fingerprint density at radius 3 is 2.62 bits per heavy atom. The van der Waals surface area contributed by atoms with E-state index in [0.29, 0.717) is 18.2 Å². The van der Waals surface area contributed by atoms with Crippen LogP contribution in [0.5, 0.6) is 0 Å². The van der Waals surface area contributed by atoms with Crippen molar-refractivity contribution in [2.75, 3.05) is 6.54 Å². The summed E-state index contributed by atoms with van der Waals surface area (Å²) in [5.41, 5.74) is 5.98. The highest BCUT2D eigenvalue weighted by Gasteiger charge is 2.16. The van der Waals surface area contributed by atoms with Crippen LogP contribution < -0.4 is 5.73 Å². The predicted molar refractivity (Wildman–Crippen MR) is 76.6 cm³/mol. The molecule has 5 nitrogen and oxygen atoms in total. The Balaban J connectivity index is 2.11. The van der Waals surface area contributed by atoms with Gasteiger partial charge < -0.3 is 10.2 Å². The van der Waals surface area contributed by atoms with Gasteiger partial charge in [-0.25, -0.2) is 9.37 Å². The largest absolute Gasteiger partial charge is 0.439 e. The second-order valence-electron chi connectivity index (χ2n) is 5.09. The van der Waals surface area contributed by atoms with Gasteiger partial charge in [0.05, 0.1) is 19.3 Å². The highest BCUT2D eigenvalue weighted by atomic mass is 19.1. The number of aromatic nitrogens is 1. The Bertz CT molecular complexity index is 608. The van der Waals surface area contributed by atoms with Crippen LogP contribution in [0.2, 0.25) is 0 Å². The summed E-state index contributed by atoms with van der Waals surface area (Å²) in [6.07, 6.45) is 1.59. The number of amides is 1. The lowest BCUT2D eigenvalue weighted by molar-refractivity contribution is -0.119. The van der Waals surface area contributed by atoms with E-state index < -0.39 is 5.91 Å². The molecular weight excluding hydrogens is 273 g/mol. The first-order chi connectivity index (χ1) is 9.95. The van der Waals surface area contributed by atoms with Crippen molar-refractivity contribution < 1.29 is 13.6 Å². The van der Waals surface area contributed by atoms with Crippen molar-refractivity contribution in [3.8, 4) is 11.3 Å². The molecule has 0 fully saturated rings. The summed E-state index contributed by atoms with van der Waals surface area (Å²) in [7, 11) is 0. The molecule has 0 spiro atoms. The van der Waals surface area contributed by atoms with Crippen molar-refractivity contribution in [3.05, 3.63) is 42.2 Å². The van der Waals surface area contributed by atoms with Crippen LogP contribution in [-0.4, -0.2) is 28.4 Å². The lowest BCUT2D eigenvalue weighted by Crippen LogP contribution is -2.38. The molecule has 0 saturated carbocycles. The SMILES string of the molecule is CC(C)N(CC(N)=O)Cc1ncc(-c2ccc(F)cc2)o1. The van der Waals surface area contributed by atoms with Crippen LogP contribution in [0.15, 0.2) is 34.9 Å². The lowest BCUT2D eigenvalue weighted by Gasteiger charge is -2.22. The van der Waals surface area contributed by atoms with E-state index in [1.165, 1.54) is 12.1 Å². The van der Waals surface area contributed by atoms with Gasteiger partial charge in [0.25, 0.3) is 0 Å². The fourth-order valence-electron chi connectivity index (χ4n) is 1.93. The molecule has 0 radical (unpaired) electrons. The maximum atomic E-state index is 12.9. The average Bonchev–Trinajstić information content (AvgIpc) is 2.87. The van der Waals surface area contributed by atoms with Crippen molar-refractivity contribution in [1.29, 1.82) is 0 Å². The number of nitrogens with zero attached hydrogens (tertiary/aromatic N) is 2. The van der Waals surface area contributed by atoms with Crippen molar-refractivity contribution in [2.24, 2.45) is 5.73 Å². The zero-order chi connectivity index (χ0) is 15.4. The number of halogens is 1. The molecule has 1 aromatic carbocycles. The fourth-order valence-corrected chi connectivity index (χ4v) is 1.93. The van der Waals surface area contributed by atoms with Crippen molar-refractivity contribution in [2.45, 2.75) is 26.4 Å². The Morgan fingerprint density at radius 2 is 2.05 bits per heavy atom. The molecule has 6 heteroatoms. The number of carbonyl (C=O) groups is 1. The minimum atomic E-state index is -0.394. The standard InChI is InChI=1S/C15H18FN3O2/c1-10(2)19(8-14(17)20)9-15-18-7-13(21-15)11-3-5-12(16)6-4-11/h3-7,10H,8-9H2,1-2H3,(H2,17,20). The number of oxazole rings is 1. The molecule has 1 aromatic heterocycles. The Kier molecular flexibility index (Phi) is 4.70. The van der Waals surface area contributed by atoms with Gasteiger partial charge >= 0.3 is 0 Å². The van der Waals surface area contributed by atoms with Crippen LogP contribution in [0, 0.1) is 5.82 Å². The van der Waals surface area contributed by atoms with E-state index in [2.05, 4.69) is 4.98 Å².